The van der Waals surface area contributed by atoms with Crippen LogP contribution in [0, 0.1) is 39.6 Å². The van der Waals surface area contributed by atoms with Crippen molar-refractivity contribution >= 4 is 23.7 Å². The van der Waals surface area contributed by atoms with Crippen LogP contribution in [0.25, 0.3) is 11.3 Å². The Bertz CT molecular complexity index is 1110. The average Bonchev–Trinajstić information content (AvgIpc) is 3.31. The molecule has 1 saturated carbocycles. The highest BCUT2D eigenvalue weighted by atomic mass is 19.1. The summed E-state index contributed by atoms with van der Waals surface area (Å²) in [5, 5.41) is 16.2. The molecule has 1 aromatic carbocycles. The van der Waals surface area contributed by atoms with Gasteiger partial charge in [-0.1, -0.05) is 12.2 Å². The summed E-state index contributed by atoms with van der Waals surface area (Å²) in [6, 6.07) is 6.17. The summed E-state index contributed by atoms with van der Waals surface area (Å²) in [4.78, 5) is 36.0. The van der Waals surface area contributed by atoms with E-state index < -0.39 is 16.4 Å². The molecular formula is C21H16FN3O5. The van der Waals surface area contributed by atoms with Crippen molar-refractivity contribution in [2.75, 3.05) is 0 Å². The molecule has 9 heteroatoms. The third kappa shape index (κ3) is 2.77. The summed E-state index contributed by atoms with van der Waals surface area (Å²) in [7, 11) is 0. The molecule has 3 aliphatic carbocycles. The average molecular weight is 409 g/mol. The van der Waals surface area contributed by atoms with E-state index in [9.17, 15) is 24.1 Å². The Morgan fingerprint density at radius 3 is 2.37 bits per heavy atom. The van der Waals surface area contributed by atoms with Crippen LogP contribution in [0.1, 0.15) is 18.6 Å². The lowest BCUT2D eigenvalue weighted by Crippen LogP contribution is -2.38. The highest BCUT2D eigenvalue weighted by molar-refractivity contribution is 6.06. The number of fused-ring (bicyclic) bond motifs is 1. The van der Waals surface area contributed by atoms with E-state index in [0.717, 1.165) is 30.0 Å². The Hall–Kier alpha value is -3.62. The molecule has 2 amide bonds. The van der Waals surface area contributed by atoms with E-state index in [4.69, 9.17) is 4.42 Å². The van der Waals surface area contributed by atoms with Gasteiger partial charge in [-0.25, -0.2) is 4.39 Å². The number of hydrogen-bond acceptors (Lipinski definition) is 6. The molecule has 2 fully saturated rings. The Labute approximate surface area is 169 Å². The van der Waals surface area contributed by atoms with Gasteiger partial charge in [0.1, 0.15) is 17.3 Å². The van der Waals surface area contributed by atoms with Gasteiger partial charge in [-0.3, -0.25) is 19.7 Å². The molecule has 152 valence electrons. The standard InChI is InChI=1S/C21H16FN3O5/c22-13-5-7-15(16(9-13)25(28)29)17-8-6-14(30-17)10-23-24-20(26)18-11-1-2-12(4-3-11)19(18)21(24)27/h1-2,5-12,18-19H,3-4H2/b23-10-/t11-,12-,18+,19+/m0/s1. The monoisotopic (exact) mass is 409 g/mol. The molecule has 4 atom stereocenters. The number of allylic oxidation sites excluding steroid dienone is 2. The van der Waals surface area contributed by atoms with Gasteiger partial charge in [0.25, 0.3) is 17.5 Å². The molecule has 2 aromatic rings. The summed E-state index contributed by atoms with van der Waals surface area (Å²) in [6.45, 7) is 0. The van der Waals surface area contributed by atoms with Crippen molar-refractivity contribution in [3.63, 3.8) is 0 Å². The van der Waals surface area contributed by atoms with Gasteiger partial charge in [0, 0.05) is 0 Å². The third-order valence-electron chi connectivity index (χ3n) is 6.09. The van der Waals surface area contributed by atoms with Gasteiger partial charge in [0.2, 0.25) is 0 Å². The van der Waals surface area contributed by atoms with Crippen LogP contribution in [0.15, 0.2) is 52.0 Å². The Balaban J connectivity index is 1.40. The van der Waals surface area contributed by atoms with Gasteiger partial charge in [-0.15, -0.1) is 0 Å². The van der Waals surface area contributed by atoms with Gasteiger partial charge in [0.15, 0.2) is 0 Å². The third-order valence-corrected chi connectivity index (χ3v) is 6.09. The number of furan rings is 1. The van der Waals surface area contributed by atoms with E-state index in [0.29, 0.717) is 0 Å². The minimum atomic E-state index is -0.727. The number of benzene rings is 1. The zero-order valence-electron chi connectivity index (χ0n) is 15.6. The molecule has 4 aliphatic rings. The maximum atomic E-state index is 13.4. The summed E-state index contributed by atoms with van der Waals surface area (Å²) in [5.74, 6) is -1.53. The molecule has 1 saturated heterocycles. The van der Waals surface area contributed by atoms with Gasteiger partial charge in [0.05, 0.1) is 34.6 Å². The van der Waals surface area contributed by atoms with Gasteiger partial charge in [-0.05, 0) is 48.9 Å². The van der Waals surface area contributed by atoms with Crippen molar-refractivity contribution in [2.45, 2.75) is 12.8 Å². The SMILES string of the molecule is O=C1[C@H]2[C@H](C(=O)N1/N=C\c1ccc(-c3ccc(F)cc3[N+](=O)[O-])o1)[C@H]1C=C[C@H]2CC1. The first-order chi connectivity index (χ1) is 14.4. The Morgan fingerprint density at radius 2 is 1.77 bits per heavy atom. The van der Waals surface area contributed by atoms with E-state index >= 15 is 0 Å². The normalized spacial score (nSPS) is 27.3. The van der Waals surface area contributed by atoms with Crippen molar-refractivity contribution in [2.24, 2.45) is 28.8 Å². The van der Waals surface area contributed by atoms with Gasteiger partial charge in [-0.2, -0.15) is 10.1 Å². The number of carbonyl (C=O) groups excluding carboxylic acids is 2. The van der Waals surface area contributed by atoms with Crippen LogP contribution in [0.3, 0.4) is 0 Å². The number of carbonyl (C=O) groups is 2. The molecule has 6 rings (SSSR count). The zero-order chi connectivity index (χ0) is 21.0. The molecule has 0 radical (unpaired) electrons. The molecule has 30 heavy (non-hydrogen) atoms. The fraction of sp³-hybridized carbons (Fsp3) is 0.286. The fourth-order valence-corrected chi connectivity index (χ4v) is 4.72. The highest BCUT2D eigenvalue weighted by Crippen LogP contribution is 2.49. The lowest BCUT2D eigenvalue weighted by atomic mass is 9.63. The van der Waals surface area contributed by atoms with Crippen LogP contribution in [-0.2, 0) is 9.59 Å². The van der Waals surface area contributed by atoms with E-state index in [2.05, 4.69) is 5.10 Å². The topological polar surface area (TPSA) is 106 Å². The Kier molecular flexibility index (Phi) is 4.12. The van der Waals surface area contributed by atoms with E-state index in [1.165, 1.54) is 24.4 Å². The van der Waals surface area contributed by atoms with E-state index in [-0.39, 0.29) is 52.6 Å². The summed E-state index contributed by atoms with van der Waals surface area (Å²) in [6.07, 6.45) is 7.10. The first-order valence-corrected chi connectivity index (χ1v) is 9.58. The number of halogens is 1. The van der Waals surface area contributed by atoms with Crippen LogP contribution in [0.5, 0.6) is 0 Å². The number of imide groups is 1. The van der Waals surface area contributed by atoms with Crippen LogP contribution in [0.2, 0.25) is 0 Å². The second-order valence-electron chi connectivity index (χ2n) is 7.69. The molecule has 8 nitrogen and oxygen atoms in total. The second-order valence-corrected chi connectivity index (χ2v) is 7.69. The van der Waals surface area contributed by atoms with Crippen molar-refractivity contribution in [3.05, 3.63) is 64.2 Å². The summed E-state index contributed by atoms with van der Waals surface area (Å²) in [5.41, 5.74) is -0.312. The molecular weight excluding hydrogens is 393 g/mol. The molecule has 0 unspecified atom stereocenters. The van der Waals surface area contributed by atoms with Crippen molar-refractivity contribution in [3.8, 4) is 11.3 Å². The predicted molar refractivity (Wildman–Crippen MR) is 103 cm³/mol. The molecule has 2 heterocycles. The maximum Gasteiger partial charge on any atom is 0.283 e. The van der Waals surface area contributed by atoms with Gasteiger partial charge >= 0.3 is 0 Å². The number of hydrogen-bond donors (Lipinski definition) is 0. The van der Waals surface area contributed by atoms with Crippen LogP contribution >= 0.6 is 0 Å². The fourth-order valence-electron chi connectivity index (χ4n) is 4.72. The zero-order valence-corrected chi connectivity index (χ0v) is 15.6. The largest absolute Gasteiger partial charge is 0.455 e. The highest BCUT2D eigenvalue weighted by Gasteiger charge is 2.56. The number of hydrazone groups is 1. The van der Waals surface area contributed by atoms with E-state index in [1.807, 2.05) is 12.2 Å². The first-order valence-electron chi connectivity index (χ1n) is 9.58. The van der Waals surface area contributed by atoms with Crippen molar-refractivity contribution in [1.29, 1.82) is 0 Å². The Morgan fingerprint density at radius 1 is 1.10 bits per heavy atom. The van der Waals surface area contributed by atoms with Crippen molar-refractivity contribution < 1.29 is 23.3 Å². The number of rotatable bonds is 4. The number of nitro benzene ring substituents is 1. The lowest BCUT2D eigenvalue weighted by Gasteiger charge is -2.37. The van der Waals surface area contributed by atoms with Crippen molar-refractivity contribution in [1.82, 2.24) is 5.01 Å². The van der Waals surface area contributed by atoms with Gasteiger partial charge < -0.3 is 4.42 Å². The van der Waals surface area contributed by atoms with Crippen LogP contribution in [-0.4, -0.2) is 28.0 Å². The molecule has 2 bridgehead atoms. The lowest BCUT2D eigenvalue weighted by molar-refractivity contribution is -0.384. The number of nitrogens with zero attached hydrogens (tertiary/aromatic N) is 3. The second kappa shape index (κ2) is 6.72. The molecule has 1 aromatic heterocycles. The van der Waals surface area contributed by atoms with Crippen LogP contribution in [0.4, 0.5) is 10.1 Å². The predicted octanol–water partition coefficient (Wildman–Crippen LogP) is 3.53. The smallest absolute Gasteiger partial charge is 0.283 e. The quantitative estimate of drug-likeness (QED) is 0.253. The van der Waals surface area contributed by atoms with Crippen LogP contribution < -0.4 is 0 Å². The molecule has 0 spiro atoms. The molecule has 1 aliphatic heterocycles. The number of amides is 2. The van der Waals surface area contributed by atoms with E-state index in [1.54, 1.807) is 0 Å². The molecule has 0 N–H and O–H groups in total. The first kappa shape index (κ1) is 18.4. The summed E-state index contributed by atoms with van der Waals surface area (Å²) < 4.78 is 18.9. The minimum absolute atomic E-state index is 0.0749. The maximum absolute atomic E-state index is 13.4. The minimum Gasteiger partial charge on any atom is -0.455 e. The summed E-state index contributed by atoms with van der Waals surface area (Å²) >= 11 is 0. The number of nitro groups is 1.